The van der Waals surface area contributed by atoms with E-state index in [4.69, 9.17) is 5.11 Å². The van der Waals surface area contributed by atoms with Crippen LogP contribution in [0.5, 0.6) is 0 Å². The number of hydrogen-bond acceptors (Lipinski definition) is 2. The lowest BCUT2D eigenvalue weighted by atomic mass is 10.5. The van der Waals surface area contributed by atoms with Crippen molar-refractivity contribution in [2.24, 2.45) is 0 Å². The van der Waals surface area contributed by atoms with Crippen molar-refractivity contribution in [1.29, 1.82) is 0 Å². The number of nitrogens with one attached hydrogen (secondary N) is 1. The normalized spacial score (nSPS) is 9.70. The maximum absolute atomic E-state index is 10.2. The number of nitrogens with zero attached hydrogens (tertiary/aromatic N) is 1. The van der Waals surface area contributed by atoms with Gasteiger partial charge in [-0.3, -0.25) is 0 Å². The van der Waals surface area contributed by atoms with Gasteiger partial charge in [0.25, 0.3) is 0 Å². The number of carboxylic acid groups (broad SMARTS) is 1. The molecule has 53 valence electrons. The summed E-state index contributed by atoms with van der Waals surface area (Å²) in [6, 6.07) is 0. The Morgan fingerprint density at radius 2 is 2.60 bits per heavy atom. The van der Waals surface area contributed by atoms with Gasteiger partial charge in [0.2, 0.25) is 0 Å². The molecule has 0 aliphatic rings. The number of imidazole rings is 1. The Balaban J connectivity index is 2.88. The molecule has 0 saturated carbocycles. The number of rotatable bonds is 2. The molecule has 0 saturated heterocycles. The quantitative estimate of drug-likeness (QED) is 0.626. The largest absolute Gasteiger partial charge is 0.476 e. The number of H-pyrrole nitrogens is 1. The second kappa shape index (κ2) is 2.51. The molecular formula is C6H7N2O2. The smallest absolute Gasteiger partial charge is 0.356 e. The van der Waals surface area contributed by atoms with Crippen LogP contribution in [-0.2, 0) is 6.42 Å². The van der Waals surface area contributed by atoms with Crippen LogP contribution in [0.1, 0.15) is 16.3 Å². The van der Waals surface area contributed by atoms with Gasteiger partial charge in [-0.15, -0.1) is 0 Å². The Labute approximate surface area is 57.9 Å². The van der Waals surface area contributed by atoms with Gasteiger partial charge < -0.3 is 10.1 Å². The third-order valence-electron chi connectivity index (χ3n) is 1.09. The van der Waals surface area contributed by atoms with Gasteiger partial charge in [-0.1, -0.05) is 0 Å². The van der Waals surface area contributed by atoms with Gasteiger partial charge in [0, 0.05) is 12.6 Å². The molecule has 0 fully saturated rings. The lowest BCUT2D eigenvalue weighted by Gasteiger charge is -1.82. The topological polar surface area (TPSA) is 66.0 Å². The predicted octanol–water partition coefficient (Wildman–Crippen LogP) is 0.484. The minimum Gasteiger partial charge on any atom is -0.476 e. The number of carboxylic acids is 1. The molecule has 0 aliphatic carbocycles. The van der Waals surface area contributed by atoms with E-state index >= 15 is 0 Å². The summed E-state index contributed by atoms with van der Waals surface area (Å²) >= 11 is 0. The highest BCUT2D eigenvalue weighted by atomic mass is 16.4. The zero-order valence-corrected chi connectivity index (χ0v) is 5.29. The first kappa shape index (κ1) is 6.80. The van der Waals surface area contributed by atoms with Gasteiger partial charge in [-0.05, 0) is 6.92 Å². The summed E-state index contributed by atoms with van der Waals surface area (Å²) in [5.41, 5.74) is 0.0404. The summed E-state index contributed by atoms with van der Waals surface area (Å²) in [5.74, 6) is -0.423. The van der Waals surface area contributed by atoms with Gasteiger partial charge in [-0.2, -0.15) is 0 Å². The van der Waals surface area contributed by atoms with Crippen LogP contribution in [0.25, 0.3) is 0 Å². The number of aromatic carboxylic acids is 1. The van der Waals surface area contributed by atoms with Gasteiger partial charge in [0.1, 0.15) is 5.82 Å². The van der Waals surface area contributed by atoms with Crippen LogP contribution >= 0.6 is 0 Å². The fourth-order valence-corrected chi connectivity index (χ4v) is 0.599. The molecule has 0 spiro atoms. The third-order valence-corrected chi connectivity index (χ3v) is 1.09. The summed E-state index contributed by atoms with van der Waals surface area (Å²) in [7, 11) is 0. The van der Waals surface area contributed by atoms with E-state index in [9.17, 15) is 4.79 Å². The van der Waals surface area contributed by atoms with E-state index < -0.39 is 5.97 Å². The Bertz CT molecular complexity index is 242. The number of aromatic amines is 1. The number of aromatic nitrogens is 2. The molecule has 4 heteroatoms. The van der Waals surface area contributed by atoms with Crippen LogP contribution < -0.4 is 0 Å². The average molecular weight is 139 g/mol. The van der Waals surface area contributed by atoms with Gasteiger partial charge in [-0.25, -0.2) is 9.78 Å². The Hall–Kier alpha value is -1.32. The third kappa shape index (κ3) is 1.15. The SMILES string of the molecule is [CH2]Cc1nc(C(=O)O)c[nH]1. The fraction of sp³-hybridized carbons (Fsp3) is 0.167. The number of carbonyl (C=O) groups is 1. The summed E-state index contributed by atoms with van der Waals surface area (Å²) < 4.78 is 0. The molecule has 4 nitrogen and oxygen atoms in total. The molecule has 2 N–H and O–H groups in total. The zero-order valence-electron chi connectivity index (χ0n) is 5.29. The standard InChI is InChI=1S/C6H7N2O2/c1-2-5-7-3-4(8-5)6(9)10/h3H,1-2H2,(H,7,8)(H,9,10). The highest BCUT2D eigenvalue weighted by molar-refractivity contribution is 5.84. The van der Waals surface area contributed by atoms with E-state index in [0.29, 0.717) is 12.2 Å². The van der Waals surface area contributed by atoms with E-state index in [1.54, 1.807) is 0 Å². The minimum absolute atomic E-state index is 0.0404. The van der Waals surface area contributed by atoms with Crippen LogP contribution in [0.3, 0.4) is 0 Å². The monoisotopic (exact) mass is 139 g/mol. The van der Waals surface area contributed by atoms with Gasteiger partial charge in [0.05, 0.1) is 0 Å². The van der Waals surface area contributed by atoms with E-state index in [0.717, 1.165) is 0 Å². The second-order valence-corrected chi connectivity index (χ2v) is 1.79. The molecule has 1 rings (SSSR count). The van der Waals surface area contributed by atoms with Crippen molar-refractivity contribution in [2.75, 3.05) is 0 Å². The summed E-state index contributed by atoms with van der Waals surface area (Å²) in [6.07, 6.45) is 1.83. The highest BCUT2D eigenvalue weighted by Gasteiger charge is 2.05. The Morgan fingerprint density at radius 3 is 2.90 bits per heavy atom. The molecule has 0 unspecified atom stereocenters. The highest BCUT2D eigenvalue weighted by Crippen LogP contribution is 1.96. The van der Waals surface area contributed by atoms with Crippen molar-refractivity contribution < 1.29 is 9.90 Å². The average Bonchev–Trinajstić information content (AvgIpc) is 2.34. The van der Waals surface area contributed by atoms with Crippen molar-refractivity contribution in [3.63, 3.8) is 0 Å². The Morgan fingerprint density at radius 1 is 1.90 bits per heavy atom. The minimum atomic E-state index is -1.02. The molecular weight excluding hydrogens is 132 g/mol. The van der Waals surface area contributed by atoms with Crippen molar-refractivity contribution in [3.8, 4) is 0 Å². The molecule has 1 heterocycles. The molecule has 10 heavy (non-hydrogen) atoms. The molecule has 1 aromatic heterocycles. The summed E-state index contributed by atoms with van der Waals surface area (Å²) in [4.78, 5) is 16.6. The molecule has 0 aromatic carbocycles. The molecule has 0 atom stereocenters. The maximum atomic E-state index is 10.2. The van der Waals surface area contributed by atoms with E-state index in [1.807, 2.05) is 0 Å². The Kier molecular flexibility index (Phi) is 1.71. The molecule has 1 aromatic rings. The number of hydrogen-bond donors (Lipinski definition) is 2. The van der Waals surface area contributed by atoms with Gasteiger partial charge in [0.15, 0.2) is 5.69 Å². The first-order chi connectivity index (χ1) is 4.74. The van der Waals surface area contributed by atoms with E-state index in [-0.39, 0.29) is 5.69 Å². The lowest BCUT2D eigenvalue weighted by molar-refractivity contribution is 0.0691. The predicted molar refractivity (Wildman–Crippen MR) is 34.6 cm³/mol. The molecule has 0 aliphatic heterocycles. The van der Waals surface area contributed by atoms with Crippen LogP contribution in [0.15, 0.2) is 6.20 Å². The van der Waals surface area contributed by atoms with Gasteiger partial charge >= 0.3 is 5.97 Å². The van der Waals surface area contributed by atoms with Crippen molar-refractivity contribution in [3.05, 3.63) is 24.6 Å². The second-order valence-electron chi connectivity index (χ2n) is 1.79. The summed E-state index contributed by atoms with van der Waals surface area (Å²) in [6.45, 7) is 3.54. The van der Waals surface area contributed by atoms with Crippen molar-refractivity contribution in [1.82, 2.24) is 9.97 Å². The van der Waals surface area contributed by atoms with E-state index in [1.165, 1.54) is 6.20 Å². The van der Waals surface area contributed by atoms with Crippen LogP contribution in [0.4, 0.5) is 0 Å². The van der Waals surface area contributed by atoms with Crippen LogP contribution in [0.2, 0.25) is 0 Å². The van der Waals surface area contributed by atoms with E-state index in [2.05, 4.69) is 16.9 Å². The molecule has 1 radical (unpaired) electrons. The van der Waals surface area contributed by atoms with Crippen LogP contribution in [0, 0.1) is 6.92 Å². The van der Waals surface area contributed by atoms with Crippen molar-refractivity contribution in [2.45, 2.75) is 6.42 Å². The van der Waals surface area contributed by atoms with Crippen molar-refractivity contribution >= 4 is 5.97 Å². The summed E-state index contributed by atoms with van der Waals surface area (Å²) in [5, 5.41) is 8.39. The molecule has 0 amide bonds. The lowest BCUT2D eigenvalue weighted by Crippen LogP contribution is -1.95. The fourth-order valence-electron chi connectivity index (χ4n) is 0.599. The first-order valence-electron chi connectivity index (χ1n) is 2.81. The maximum Gasteiger partial charge on any atom is 0.356 e. The molecule has 0 bridgehead atoms. The first-order valence-corrected chi connectivity index (χ1v) is 2.81. The zero-order chi connectivity index (χ0) is 7.56. The van der Waals surface area contributed by atoms with Crippen LogP contribution in [-0.4, -0.2) is 21.0 Å².